The topological polar surface area (TPSA) is 116 Å². The predicted molar refractivity (Wildman–Crippen MR) is 184 cm³/mol. The first-order valence-electron chi connectivity index (χ1n) is 16.4. The van der Waals surface area contributed by atoms with Crippen LogP contribution in [0.3, 0.4) is 0 Å². The van der Waals surface area contributed by atoms with Crippen LogP contribution in [0.4, 0.5) is 0 Å². The summed E-state index contributed by atoms with van der Waals surface area (Å²) in [6.45, 7) is 20.9. The van der Waals surface area contributed by atoms with Crippen LogP contribution in [-0.2, 0) is 33.4 Å². The van der Waals surface area contributed by atoms with Gasteiger partial charge in [-0.1, -0.05) is 88.4 Å². The van der Waals surface area contributed by atoms with E-state index in [1.165, 1.54) is 18.2 Å². The smallest absolute Gasteiger partial charge is 0.313 e. The maximum atomic E-state index is 12.3. The Morgan fingerprint density at radius 3 is 1.66 bits per heavy atom. The van der Waals surface area contributed by atoms with Crippen molar-refractivity contribution in [2.24, 2.45) is 22.7 Å². The van der Waals surface area contributed by atoms with E-state index in [0.29, 0.717) is 12.8 Å². The lowest BCUT2D eigenvalue weighted by molar-refractivity contribution is -0.162. The van der Waals surface area contributed by atoms with E-state index in [9.17, 15) is 24.3 Å². The molecule has 0 amide bonds. The number of esters is 3. The van der Waals surface area contributed by atoms with Crippen molar-refractivity contribution in [3.8, 4) is 11.1 Å². The van der Waals surface area contributed by atoms with Crippen molar-refractivity contribution >= 4 is 23.9 Å². The third-order valence-electron chi connectivity index (χ3n) is 8.57. The minimum atomic E-state index is -1.02. The lowest BCUT2D eigenvalue weighted by Crippen LogP contribution is -2.29. The predicted octanol–water partition coefficient (Wildman–Crippen LogP) is 8.15. The first-order chi connectivity index (χ1) is 22.3. The molecule has 8 nitrogen and oxygen atoms in total. The number of hydrogen-bond donors (Lipinski definition) is 1. The molecule has 2 aromatic carbocycles. The Hall–Kier alpha value is -4.20. The molecule has 2 saturated carbocycles. The molecular formula is C39H52O8. The number of carbonyl (C=O) groups is 4. The Morgan fingerprint density at radius 1 is 0.809 bits per heavy atom. The molecule has 0 spiro atoms. The van der Waals surface area contributed by atoms with Crippen molar-refractivity contribution in [2.75, 3.05) is 13.7 Å². The third-order valence-corrected chi connectivity index (χ3v) is 8.57. The van der Waals surface area contributed by atoms with Gasteiger partial charge >= 0.3 is 23.9 Å². The van der Waals surface area contributed by atoms with Crippen LogP contribution in [0.1, 0.15) is 91.2 Å². The zero-order valence-corrected chi connectivity index (χ0v) is 29.3. The van der Waals surface area contributed by atoms with Gasteiger partial charge in [-0.2, -0.15) is 0 Å². The summed E-state index contributed by atoms with van der Waals surface area (Å²) in [5.74, 6) is -2.28. The molecule has 0 aliphatic heterocycles. The highest BCUT2D eigenvalue weighted by molar-refractivity contribution is 5.87. The van der Waals surface area contributed by atoms with Gasteiger partial charge in [-0.15, -0.1) is 13.2 Å². The number of carboxylic acid groups (broad SMARTS) is 1. The van der Waals surface area contributed by atoms with Crippen LogP contribution in [0.25, 0.3) is 11.1 Å². The first-order valence-corrected chi connectivity index (χ1v) is 16.4. The molecule has 47 heavy (non-hydrogen) atoms. The number of fused-ring (bicyclic) bond motifs is 3. The van der Waals surface area contributed by atoms with E-state index in [4.69, 9.17) is 14.2 Å². The fourth-order valence-electron chi connectivity index (χ4n) is 6.08. The van der Waals surface area contributed by atoms with Crippen molar-refractivity contribution in [2.45, 2.75) is 85.7 Å². The number of methoxy groups -OCH3 is 1. The Kier molecular flexibility index (Phi) is 13.7. The van der Waals surface area contributed by atoms with Crippen LogP contribution in [0.15, 0.2) is 73.8 Å². The minimum absolute atomic E-state index is 0.0125. The van der Waals surface area contributed by atoms with Gasteiger partial charge in [0.1, 0.15) is 12.2 Å². The highest BCUT2D eigenvalue weighted by Crippen LogP contribution is 2.57. The van der Waals surface area contributed by atoms with Gasteiger partial charge in [0.05, 0.1) is 30.8 Å². The number of allylic oxidation sites excluding steroid dienone is 2. The van der Waals surface area contributed by atoms with Crippen LogP contribution in [0.2, 0.25) is 0 Å². The highest BCUT2D eigenvalue weighted by Gasteiger charge is 2.61. The molecular weight excluding hydrogens is 596 g/mol. The van der Waals surface area contributed by atoms with Gasteiger partial charge in [0, 0.05) is 5.92 Å². The summed E-state index contributed by atoms with van der Waals surface area (Å²) in [7, 11) is 1.33. The van der Waals surface area contributed by atoms with Crippen LogP contribution in [-0.4, -0.2) is 48.3 Å². The van der Waals surface area contributed by atoms with Gasteiger partial charge in [0.15, 0.2) is 0 Å². The maximum absolute atomic E-state index is 12.3. The fraction of sp³-hybridized carbons (Fsp3) is 0.487. The normalized spacial score (nSPS) is 22.8. The quantitative estimate of drug-likeness (QED) is 0.156. The molecule has 8 heteroatoms. The summed E-state index contributed by atoms with van der Waals surface area (Å²) in [5, 5.41) is 9.44. The zero-order valence-electron chi connectivity index (χ0n) is 29.3. The second-order valence-corrected chi connectivity index (χ2v) is 12.6. The number of carbonyl (C=O) groups excluding carboxylic acids is 3. The maximum Gasteiger partial charge on any atom is 0.313 e. The summed E-state index contributed by atoms with van der Waals surface area (Å²) < 4.78 is 15.5. The van der Waals surface area contributed by atoms with Gasteiger partial charge in [-0.3, -0.25) is 19.2 Å². The van der Waals surface area contributed by atoms with Gasteiger partial charge in [0.2, 0.25) is 0 Å². The van der Waals surface area contributed by atoms with Gasteiger partial charge in [-0.25, -0.2) is 0 Å². The van der Waals surface area contributed by atoms with Crippen LogP contribution >= 0.6 is 0 Å². The number of benzene rings is 2. The Morgan fingerprint density at radius 2 is 1.26 bits per heavy atom. The summed E-state index contributed by atoms with van der Waals surface area (Å²) in [6.07, 6.45) is 4.34. The number of ether oxygens (including phenoxy) is 3. The molecule has 2 fully saturated rings. The Labute approximate surface area is 280 Å². The summed E-state index contributed by atoms with van der Waals surface area (Å²) in [4.78, 5) is 47.3. The van der Waals surface area contributed by atoms with E-state index in [1.54, 1.807) is 32.9 Å². The third kappa shape index (κ3) is 8.99. The summed E-state index contributed by atoms with van der Waals surface area (Å²) >= 11 is 0. The molecule has 0 radical (unpaired) electrons. The molecule has 0 bridgehead atoms. The highest BCUT2D eigenvalue weighted by atomic mass is 16.6. The van der Waals surface area contributed by atoms with Gasteiger partial charge in [-0.05, 0) is 67.7 Å². The van der Waals surface area contributed by atoms with Crippen molar-refractivity contribution in [1.82, 2.24) is 0 Å². The second-order valence-electron chi connectivity index (χ2n) is 12.6. The molecule has 1 N–H and O–H groups in total. The van der Waals surface area contributed by atoms with Gasteiger partial charge < -0.3 is 19.3 Å². The molecule has 0 saturated heterocycles. The van der Waals surface area contributed by atoms with Crippen LogP contribution in [0.5, 0.6) is 0 Å². The molecule has 3 aliphatic carbocycles. The standard InChI is InChI=1S/C22H20O4.C13H20O4.2C2H6/c1-2-14-11-22(14,21(24)25)12-20(23)26-13-19-17-9-5-3-7-15(17)16-8-4-6-10-18(16)19;1-6-9-7-13(9,11(15)16-5)8-10(14)17-12(2,3)4;2*1-2/h2-10,14,19H,1,11-13H2,(H,24,25);6,9H,1,7-8H2,2-5H3;2*1-2H3/t14-,22-;9-,13-;;/m11../s1. The molecule has 3 aliphatic rings. The first kappa shape index (κ1) is 39.0. The van der Waals surface area contributed by atoms with E-state index >= 15 is 0 Å². The molecule has 0 unspecified atom stereocenters. The van der Waals surface area contributed by atoms with Crippen LogP contribution in [0, 0.1) is 22.7 Å². The fourth-order valence-corrected chi connectivity index (χ4v) is 6.08. The number of aliphatic carboxylic acids is 1. The molecule has 5 rings (SSSR count). The lowest BCUT2D eigenvalue weighted by atomic mass is 9.97. The number of rotatable bonds is 10. The summed E-state index contributed by atoms with van der Waals surface area (Å²) in [5.41, 5.74) is 2.32. The van der Waals surface area contributed by atoms with Crippen molar-refractivity contribution in [3.63, 3.8) is 0 Å². The van der Waals surface area contributed by atoms with E-state index in [-0.39, 0.29) is 49.1 Å². The number of carboxylic acids is 1. The van der Waals surface area contributed by atoms with Crippen molar-refractivity contribution in [1.29, 1.82) is 0 Å². The monoisotopic (exact) mass is 648 g/mol. The average molecular weight is 649 g/mol. The van der Waals surface area contributed by atoms with E-state index < -0.39 is 28.4 Å². The number of hydrogen-bond acceptors (Lipinski definition) is 7. The Bertz CT molecular complexity index is 1390. The average Bonchev–Trinajstić information content (AvgIpc) is 3.94. The Balaban J connectivity index is 0.000000319. The zero-order chi connectivity index (χ0) is 35.6. The minimum Gasteiger partial charge on any atom is -0.481 e. The lowest BCUT2D eigenvalue weighted by Gasteiger charge is -2.21. The van der Waals surface area contributed by atoms with Gasteiger partial charge in [0.25, 0.3) is 0 Å². The van der Waals surface area contributed by atoms with E-state index in [2.05, 4.69) is 37.4 Å². The van der Waals surface area contributed by atoms with E-state index in [0.717, 1.165) is 11.1 Å². The largest absolute Gasteiger partial charge is 0.481 e. The molecule has 256 valence electrons. The van der Waals surface area contributed by atoms with Crippen molar-refractivity contribution < 1.29 is 38.5 Å². The van der Waals surface area contributed by atoms with Crippen molar-refractivity contribution in [3.05, 3.63) is 85.0 Å². The SMILES string of the molecule is C=C[C@@H]1C[C@]1(CC(=O)OC(C)(C)C)C(=O)OC.C=C[C@@H]1C[C@]1(CC(=O)OCC1c2ccccc2-c2ccccc21)C(=O)O.CC.CC. The van der Waals surface area contributed by atoms with Crippen LogP contribution < -0.4 is 0 Å². The molecule has 0 aromatic heterocycles. The molecule has 0 heterocycles. The molecule has 4 atom stereocenters. The second kappa shape index (κ2) is 16.6. The van der Waals surface area contributed by atoms with E-state index in [1.807, 2.05) is 52.0 Å². The summed E-state index contributed by atoms with van der Waals surface area (Å²) in [6, 6.07) is 16.2. The molecule has 2 aromatic rings.